The number of imidazole rings is 1. The van der Waals surface area contributed by atoms with Gasteiger partial charge in [0.25, 0.3) is 5.91 Å². The first kappa shape index (κ1) is 18.0. The van der Waals surface area contributed by atoms with E-state index in [9.17, 15) is 18.0 Å². The maximum atomic E-state index is 13.1. The number of pyridine rings is 1. The van der Waals surface area contributed by atoms with E-state index in [4.69, 9.17) is 11.6 Å². The molecule has 1 aliphatic carbocycles. The van der Waals surface area contributed by atoms with Gasteiger partial charge in [-0.3, -0.25) is 9.20 Å². The molecule has 25 heavy (non-hydrogen) atoms. The largest absolute Gasteiger partial charge is 0.417 e. The molecule has 0 aromatic carbocycles. The summed E-state index contributed by atoms with van der Waals surface area (Å²) in [6, 6.07) is 0.848. The Bertz CT molecular complexity index is 816. The van der Waals surface area contributed by atoms with Gasteiger partial charge in [0, 0.05) is 12.2 Å². The quantitative estimate of drug-likeness (QED) is 0.834. The first-order chi connectivity index (χ1) is 11.7. The molecule has 0 bridgehead atoms. The minimum Gasteiger partial charge on any atom is -0.348 e. The van der Waals surface area contributed by atoms with Crippen molar-refractivity contribution in [2.45, 2.75) is 51.7 Å². The van der Waals surface area contributed by atoms with Crippen LogP contribution in [0, 0.1) is 12.8 Å². The maximum Gasteiger partial charge on any atom is 0.417 e. The third-order valence-corrected chi connectivity index (χ3v) is 5.10. The third kappa shape index (κ3) is 3.47. The van der Waals surface area contributed by atoms with Crippen LogP contribution in [0.3, 0.4) is 0 Å². The van der Waals surface area contributed by atoms with Crippen LogP contribution in [0.2, 0.25) is 5.02 Å². The zero-order valence-electron chi connectivity index (χ0n) is 14.0. The van der Waals surface area contributed by atoms with Gasteiger partial charge < -0.3 is 5.32 Å². The summed E-state index contributed by atoms with van der Waals surface area (Å²) in [4.78, 5) is 16.9. The van der Waals surface area contributed by atoms with Crippen LogP contribution in [-0.2, 0) is 6.18 Å². The van der Waals surface area contributed by atoms with Crippen LogP contribution in [0.1, 0.15) is 54.4 Å². The Hall–Kier alpha value is -1.76. The Labute approximate surface area is 148 Å². The lowest BCUT2D eigenvalue weighted by molar-refractivity contribution is -0.137. The van der Waals surface area contributed by atoms with E-state index in [0.717, 1.165) is 42.3 Å². The molecule has 2 aromatic heterocycles. The lowest BCUT2D eigenvalue weighted by Gasteiger charge is -2.29. The van der Waals surface area contributed by atoms with Crippen molar-refractivity contribution in [1.29, 1.82) is 0 Å². The summed E-state index contributed by atoms with van der Waals surface area (Å²) >= 11 is 5.96. The van der Waals surface area contributed by atoms with Gasteiger partial charge in [-0.1, -0.05) is 31.4 Å². The molecule has 0 saturated heterocycles. The SMILES string of the molecule is Cc1nc2c(Cl)cc(C(F)(F)F)cn2c1C(=O)NC1CCCCC1C. The fraction of sp³-hybridized carbons (Fsp3) is 0.529. The van der Waals surface area contributed by atoms with Crippen LogP contribution in [0.4, 0.5) is 13.2 Å². The number of carbonyl (C=O) groups is 1. The number of hydrogen-bond acceptors (Lipinski definition) is 2. The predicted octanol–water partition coefficient (Wildman–Crippen LogP) is 4.62. The van der Waals surface area contributed by atoms with Gasteiger partial charge in [0.05, 0.1) is 16.3 Å². The summed E-state index contributed by atoms with van der Waals surface area (Å²) in [6.07, 6.45) is 0.388. The van der Waals surface area contributed by atoms with Crippen LogP contribution in [0.5, 0.6) is 0 Å². The van der Waals surface area contributed by atoms with E-state index in [-0.39, 0.29) is 22.4 Å². The molecule has 8 heteroatoms. The van der Waals surface area contributed by atoms with Crippen molar-refractivity contribution in [1.82, 2.24) is 14.7 Å². The van der Waals surface area contributed by atoms with E-state index in [1.54, 1.807) is 6.92 Å². The zero-order chi connectivity index (χ0) is 18.4. The zero-order valence-corrected chi connectivity index (χ0v) is 14.7. The molecule has 4 nitrogen and oxygen atoms in total. The maximum absolute atomic E-state index is 13.1. The van der Waals surface area contributed by atoms with Crippen LogP contribution in [0.15, 0.2) is 12.3 Å². The van der Waals surface area contributed by atoms with Crippen molar-refractivity contribution in [2.75, 3.05) is 0 Å². The summed E-state index contributed by atoms with van der Waals surface area (Å²) in [5.74, 6) is -0.0781. The Morgan fingerprint density at radius 1 is 1.36 bits per heavy atom. The highest BCUT2D eigenvalue weighted by atomic mass is 35.5. The fourth-order valence-corrected chi connectivity index (χ4v) is 3.66. The van der Waals surface area contributed by atoms with Gasteiger partial charge in [-0.15, -0.1) is 0 Å². The van der Waals surface area contributed by atoms with E-state index in [1.807, 2.05) is 0 Å². The summed E-state index contributed by atoms with van der Waals surface area (Å²) in [6.45, 7) is 3.67. The molecule has 1 N–H and O–H groups in total. The summed E-state index contributed by atoms with van der Waals surface area (Å²) in [5, 5.41) is 2.82. The number of aryl methyl sites for hydroxylation is 1. The second-order valence-electron chi connectivity index (χ2n) is 6.66. The second kappa shape index (κ2) is 6.52. The minimum atomic E-state index is -4.55. The molecule has 1 amide bonds. The smallest absolute Gasteiger partial charge is 0.348 e. The highest BCUT2D eigenvalue weighted by Crippen LogP contribution is 2.33. The number of carbonyl (C=O) groups excluding carboxylic acids is 1. The molecule has 2 atom stereocenters. The Balaban J connectivity index is 2.01. The number of hydrogen-bond donors (Lipinski definition) is 1. The van der Waals surface area contributed by atoms with E-state index in [0.29, 0.717) is 11.6 Å². The number of fused-ring (bicyclic) bond motifs is 1. The Morgan fingerprint density at radius 2 is 2.04 bits per heavy atom. The van der Waals surface area contributed by atoms with E-state index >= 15 is 0 Å². The van der Waals surface area contributed by atoms with Crippen molar-refractivity contribution >= 4 is 23.2 Å². The van der Waals surface area contributed by atoms with E-state index in [2.05, 4.69) is 17.2 Å². The van der Waals surface area contributed by atoms with Gasteiger partial charge >= 0.3 is 6.18 Å². The molecule has 136 valence electrons. The molecule has 2 heterocycles. The highest BCUT2D eigenvalue weighted by Gasteiger charge is 2.33. The van der Waals surface area contributed by atoms with Gasteiger partial charge in [0.2, 0.25) is 0 Å². The molecule has 0 spiro atoms. The molecular weight excluding hydrogens is 355 g/mol. The second-order valence-corrected chi connectivity index (χ2v) is 7.06. The van der Waals surface area contributed by atoms with Crippen molar-refractivity contribution < 1.29 is 18.0 Å². The third-order valence-electron chi connectivity index (χ3n) is 4.82. The molecule has 0 radical (unpaired) electrons. The van der Waals surface area contributed by atoms with Crippen LogP contribution < -0.4 is 5.32 Å². The number of halogens is 4. The number of alkyl halides is 3. The number of aromatic nitrogens is 2. The van der Waals surface area contributed by atoms with Gasteiger partial charge in [0.1, 0.15) is 5.69 Å². The van der Waals surface area contributed by atoms with E-state index < -0.39 is 17.6 Å². The number of amides is 1. The average Bonchev–Trinajstić information content (AvgIpc) is 2.85. The first-order valence-corrected chi connectivity index (χ1v) is 8.62. The van der Waals surface area contributed by atoms with Gasteiger partial charge in [0.15, 0.2) is 5.65 Å². The van der Waals surface area contributed by atoms with Crippen LogP contribution in [-0.4, -0.2) is 21.3 Å². The van der Waals surface area contributed by atoms with Gasteiger partial charge in [-0.05, 0) is 31.7 Å². The Morgan fingerprint density at radius 3 is 2.68 bits per heavy atom. The number of nitrogens with zero attached hydrogens (tertiary/aromatic N) is 2. The average molecular weight is 374 g/mol. The highest BCUT2D eigenvalue weighted by molar-refractivity contribution is 6.33. The molecule has 3 rings (SSSR count). The van der Waals surface area contributed by atoms with Gasteiger partial charge in [-0.25, -0.2) is 4.98 Å². The molecule has 0 aliphatic heterocycles. The molecule has 2 aromatic rings. The summed E-state index contributed by atoms with van der Waals surface area (Å²) in [5.41, 5.74) is -0.320. The number of nitrogens with one attached hydrogen (secondary N) is 1. The van der Waals surface area contributed by atoms with Crippen molar-refractivity contribution in [3.8, 4) is 0 Å². The lowest BCUT2D eigenvalue weighted by Crippen LogP contribution is -2.41. The van der Waals surface area contributed by atoms with Crippen LogP contribution in [0.25, 0.3) is 5.65 Å². The van der Waals surface area contributed by atoms with Crippen molar-refractivity contribution in [3.05, 3.63) is 34.2 Å². The van der Waals surface area contributed by atoms with Crippen molar-refractivity contribution in [2.24, 2.45) is 5.92 Å². The van der Waals surface area contributed by atoms with Gasteiger partial charge in [-0.2, -0.15) is 13.2 Å². The topological polar surface area (TPSA) is 46.4 Å². The predicted molar refractivity (Wildman–Crippen MR) is 88.8 cm³/mol. The monoisotopic (exact) mass is 373 g/mol. The number of rotatable bonds is 2. The lowest BCUT2D eigenvalue weighted by atomic mass is 9.86. The van der Waals surface area contributed by atoms with Crippen molar-refractivity contribution in [3.63, 3.8) is 0 Å². The molecule has 2 unspecified atom stereocenters. The minimum absolute atomic E-state index is 0.0208. The molecule has 1 fully saturated rings. The van der Waals surface area contributed by atoms with E-state index in [1.165, 1.54) is 0 Å². The fourth-order valence-electron chi connectivity index (χ4n) is 3.41. The normalized spacial score (nSPS) is 21.5. The van der Waals surface area contributed by atoms with Crippen LogP contribution >= 0.6 is 11.6 Å². The standard InChI is InChI=1S/C17H19ClF3N3O/c1-9-5-3-4-6-13(9)23-16(25)14-10(2)22-15-12(18)7-11(8-24(14)15)17(19,20)21/h7-9,13H,3-6H2,1-2H3,(H,23,25). The molecule has 1 aliphatic rings. The summed E-state index contributed by atoms with van der Waals surface area (Å²) in [7, 11) is 0. The Kier molecular flexibility index (Phi) is 4.70. The summed E-state index contributed by atoms with van der Waals surface area (Å²) < 4.78 is 40.3. The molecule has 1 saturated carbocycles. The first-order valence-electron chi connectivity index (χ1n) is 8.24. The molecular formula is C17H19ClF3N3O.